The fourth-order valence-electron chi connectivity index (χ4n) is 1.33. The molecule has 1 rings (SSSR count). The molecule has 1 aromatic rings. The van der Waals surface area contributed by atoms with Crippen LogP contribution in [0.2, 0.25) is 0 Å². The van der Waals surface area contributed by atoms with E-state index in [0.717, 1.165) is 10.0 Å². The van der Waals surface area contributed by atoms with Crippen LogP contribution in [0.4, 0.5) is 0 Å². The van der Waals surface area contributed by atoms with Crippen LogP contribution in [0.3, 0.4) is 0 Å². The molecule has 1 heterocycles. The van der Waals surface area contributed by atoms with Gasteiger partial charge in [-0.3, -0.25) is 0 Å². The molecule has 6 nitrogen and oxygen atoms in total. The summed E-state index contributed by atoms with van der Waals surface area (Å²) in [6.45, 7) is 2.11. The third-order valence-corrected chi connectivity index (χ3v) is 6.14. The molecule has 0 aromatic carbocycles. The Balaban J connectivity index is 2.51. The van der Waals surface area contributed by atoms with Gasteiger partial charge in [0.15, 0.2) is 0 Å². The summed E-state index contributed by atoms with van der Waals surface area (Å²) in [6.07, 6.45) is 1.44. The highest BCUT2D eigenvalue weighted by Crippen LogP contribution is 2.29. The SMILES string of the molecule is Cc1sc(Br)cc1S(=O)(=O)NCCCNS(C)(=O)=O. The van der Waals surface area contributed by atoms with Crippen molar-refractivity contribution in [3.63, 3.8) is 0 Å². The highest BCUT2D eigenvalue weighted by atomic mass is 79.9. The van der Waals surface area contributed by atoms with Crippen LogP contribution in [0.25, 0.3) is 0 Å². The lowest BCUT2D eigenvalue weighted by Crippen LogP contribution is -2.29. The van der Waals surface area contributed by atoms with E-state index in [1.165, 1.54) is 11.3 Å². The summed E-state index contributed by atoms with van der Waals surface area (Å²) in [5.41, 5.74) is 0. The summed E-state index contributed by atoms with van der Waals surface area (Å²) in [5.74, 6) is 0. The van der Waals surface area contributed by atoms with Crippen molar-refractivity contribution in [2.75, 3.05) is 19.3 Å². The van der Waals surface area contributed by atoms with Crippen LogP contribution in [0, 0.1) is 6.92 Å². The zero-order valence-corrected chi connectivity index (χ0v) is 14.5. The van der Waals surface area contributed by atoms with Crippen molar-refractivity contribution in [1.82, 2.24) is 9.44 Å². The van der Waals surface area contributed by atoms with Gasteiger partial charge in [-0.1, -0.05) is 0 Å². The van der Waals surface area contributed by atoms with E-state index in [9.17, 15) is 16.8 Å². The topological polar surface area (TPSA) is 92.3 Å². The van der Waals surface area contributed by atoms with Crippen molar-refractivity contribution in [1.29, 1.82) is 0 Å². The number of aryl methyl sites for hydroxylation is 1. The lowest BCUT2D eigenvalue weighted by atomic mass is 10.4. The summed E-state index contributed by atoms with van der Waals surface area (Å²) in [6, 6.07) is 1.55. The van der Waals surface area contributed by atoms with Crippen LogP contribution in [0.1, 0.15) is 11.3 Å². The summed E-state index contributed by atoms with van der Waals surface area (Å²) in [4.78, 5) is 0.953. The highest BCUT2D eigenvalue weighted by Gasteiger charge is 2.18. The van der Waals surface area contributed by atoms with Gasteiger partial charge in [0.2, 0.25) is 20.0 Å². The van der Waals surface area contributed by atoms with E-state index in [4.69, 9.17) is 0 Å². The Labute approximate surface area is 125 Å². The minimum Gasteiger partial charge on any atom is -0.215 e. The van der Waals surface area contributed by atoms with Gasteiger partial charge in [0.25, 0.3) is 0 Å². The second-order valence-corrected chi connectivity index (χ2v) is 10.1. The maximum atomic E-state index is 12.0. The monoisotopic (exact) mass is 390 g/mol. The molecule has 0 unspecified atom stereocenters. The Kier molecular flexibility index (Phi) is 5.96. The van der Waals surface area contributed by atoms with Gasteiger partial charge in [-0.05, 0) is 35.3 Å². The number of rotatable bonds is 7. The Hall–Kier alpha value is -0.000000000000000167. The molecule has 0 atom stereocenters. The zero-order valence-electron chi connectivity index (χ0n) is 10.4. The summed E-state index contributed by atoms with van der Waals surface area (Å²) < 4.78 is 51.0. The Bertz CT molecular complexity index is 636. The number of hydrogen-bond donors (Lipinski definition) is 2. The van der Waals surface area contributed by atoms with Gasteiger partial charge in [0.1, 0.15) is 0 Å². The molecule has 19 heavy (non-hydrogen) atoms. The molecule has 2 N–H and O–H groups in total. The molecule has 0 spiro atoms. The molecule has 1 aromatic heterocycles. The average molecular weight is 391 g/mol. The summed E-state index contributed by atoms with van der Waals surface area (Å²) >= 11 is 4.59. The second kappa shape index (κ2) is 6.64. The van der Waals surface area contributed by atoms with Gasteiger partial charge < -0.3 is 0 Å². The summed E-state index contributed by atoms with van der Waals surface area (Å²) in [7, 11) is -6.76. The van der Waals surface area contributed by atoms with E-state index < -0.39 is 20.0 Å². The minimum absolute atomic E-state index is 0.178. The van der Waals surface area contributed by atoms with E-state index in [-0.39, 0.29) is 18.0 Å². The molecule has 110 valence electrons. The molecule has 0 bridgehead atoms. The van der Waals surface area contributed by atoms with Crippen molar-refractivity contribution >= 4 is 47.3 Å². The number of sulfonamides is 2. The van der Waals surface area contributed by atoms with Crippen molar-refractivity contribution < 1.29 is 16.8 Å². The average Bonchev–Trinajstić information content (AvgIpc) is 2.56. The standard InChI is InChI=1S/C9H15BrN2O4S3/c1-7-8(6-9(10)17-7)19(15,16)12-5-3-4-11-18(2,13)14/h6,11-12H,3-5H2,1-2H3. The smallest absolute Gasteiger partial charge is 0.215 e. The second-order valence-electron chi connectivity index (χ2n) is 3.89. The molecule has 0 saturated carbocycles. The molecule has 0 fully saturated rings. The van der Waals surface area contributed by atoms with Crippen LogP contribution in [0.15, 0.2) is 14.7 Å². The molecule has 0 amide bonds. The van der Waals surface area contributed by atoms with E-state index in [0.29, 0.717) is 11.3 Å². The highest BCUT2D eigenvalue weighted by molar-refractivity contribution is 9.11. The maximum absolute atomic E-state index is 12.0. The van der Waals surface area contributed by atoms with Gasteiger partial charge in [-0.15, -0.1) is 11.3 Å². The summed E-state index contributed by atoms with van der Waals surface area (Å²) in [5, 5.41) is 0. The largest absolute Gasteiger partial charge is 0.241 e. The molecule has 0 aliphatic heterocycles. The fourth-order valence-corrected chi connectivity index (χ4v) is 5.33. The van der Waals surface area contributed by atoms with Crippen molar-refractivity contribution in [2.24, 2.45) is 0 Å². The molecule has 0 radical (unpaired) electrons. The fraction of sp³-hybridized carbons (Fsp3) is 0.556. The van der Waals surface area contributed by atoms with E-state index in [2.05, 4.69) is 25.4 Å². The van der Waals surface area contributed by atoms with Crippen LogP contribution in [0.5, 0.6) is 0 Å². The van der Waals surface area contributed by atoms with E-state index >= 15 is 0 Å². The Morgan fingerprint density at radius 2 is 1.79 bits per heavy atom. The van der Waals surface area contributed by atoms with Crippen LogP contribution >= 0.6 is 27.3 Å². The number of hydrogen-bond acceptors (Lipinski definition) is 5. The van der Waals surface area contributed by atoms with Crippen molar-refractivity contribution in [2.45, 2.75) is 18.2 Å². The Morgan fingerprint density at radius 3 is 2.26 bits per heavy atom. The van der Waals surface area contributed by atoms with Crippen LogP contribution in [-0.2, 0) is 20.0 Å². The van der Waals surface area contributed by atoms with E-state index in [1.54, 1.807) is 13.0 Å². The first-order valence-corrected chi connectivity index (χ1v) is 10.3. The van der Waals surface area contributed by atoms with Gasteiger partial charge in [-0.2, -0.15) is 0 Å². The predicted octanol–water partition coefficient (Wildman–Crippen LogP) is 1.04. The third kappa shape index (κ3) is 5.88. The molecular weight excluding hydrogens is 376 g/mol. The number of thiophene rings is 1. The zero-order chi connectivity index (χ0) is 14.7. The number of halogens is 1. The van der Waals surface area contributed by atoms with Crippen LogP contribution < -0.4 is 9.44 Å². The lowest BCUT2D eigenvalue weighted by molar-refractivity contribution is 0.575. The van der Waals surface area contributed by atoms with Gasteiger partial charge in [0, 0.05) is 18.0 Å². The van der Waals surface area contributed by atoms with Gasteiger partial charge in [-0.25, -0.2) is 26.3 Å². The van der Waals surface area contributed by atoms with Gasteiger partial charge in [0.05, 0.1) is 14.9 Å². The normalized spacial score (nSPS) is 12.8. The minimum atomic E-state index is -3.53. The van der Waals surface area contributed by atoms with Gasteiger partial charge >= 0.3 is 0 Å². The first-order valence-electron chi connectivity index (χ1n) is 5.32. The van der Waals surface area contributed by atoms with Crippen molar-refractivity contribution in [3.8, 4) is 0 Å². The van der Waals surface area contributed by atoms with Crippen molar-refractivity contribution in [3.05, 3.63) is 14.7 Å². The molecule has 0 aliphatic carbocycles. The maximum Gasteiger partial charge on any atom is 0.241 e. The quantitative estimate of drug-likeness (QED) is 0.680. The Morgan fingerprint density at radius 1 is 1.21 bits per heavy atom. The third-order valence-electron chi connectivity index (χ3n) is 2.14. The lowest BCUT2D eigenvalue weighted by Gasteiger charge is -2.06. The first-order chi connectivity index (χ1) is 8.62. The molecule has 0 aliphatic rings. The van der Waals surface area contributed by atoms with E-state index in [1.807, 2.05) is 0 Å². The predicted molar refractivity (Wildman–Crippen MR) is 79.4 cm³/mol. The molecule has 0 saturated heterocycles. The number of nitrogens with one attached hydrogen (secondary N) is 2. The molecular formula is C9H15BrN2O4S3. The molecule has 10 heteroatoms. The van der Waals surface area contributed by atoms with Crippen LogP contribution in [-0.4, -0.2) is 36.2 Å². The first kappa shape index (κ1) is 17.1.